The number of aryl methyl sites for hydroxylation is 1. The van der Waals surface area contributed by atoms with Crippen LogP contribution in [0.5, 0.6) is 0 Å². The largest absolute Gasteiger partial charge is 0.309 e. The Hall–Kier alpha value is -9.63. The zero-order chi connectivity index (χ0) is 55.2. The predicted molar refractivity (Wildman–Crippen MR) is 350 cm³/mol. The maximum absolute atomic E-state index is 5.87. The molecule has 4 aliphatic rings. The van der Waals surface area contributed by atoms with E-state index in [0.717, 1.165) is 54.8 Å². The highest BCUT2D eigenvalue weighted by atomic mass is 15.0. The van der Waals surface area contributed by atoms with E-state index in [4.69, 9.17) is 4.99 Å². The fourth-order valence-electron chi connectivity index (χ4n) is 14.7. The number of benzene rings is 11. The second-order valence-electron chi connectivity index (χ2n) is 23.9. The van der Waals surface area contributed by atoms with Crippen molar-refractivity contribution < 1.29 is 0 Å². The van der Waals surface area contributed by atoms with Gasteiger partial charge in [-0.15, -0.1) is 0 Å². The van der Waals surface area contributed by atoms with Gasteiger partial charge in [-0.1, -0.05) is 226 Å². The monoisotopic (exact) mass is 1060 g/mol. The molecule has 2 heterocycles. The standard InChI is InChI=1S/C81H62N2/c1-81(2)75-51-78-74(50-72(75)70-42-39-55-25-12-14-31-66(55)79(70)81)73-49-61(60-37-36-56-38-41-65(53-22-8-4-9-23-53)68-33-16-17-34-69(68)71(56)48-60)40-43-77(73)83(78)64-46-62(59-30-18-29-58(44-59)52-20-6-3-7-21-52)45-63(47-64)76-35-19-28-54-24-13-15-32-67(54)80(82-76)57-26-10-5-11-27-57/h3-18,20-26,28-34,36-37,39-40,42-51,57,65H,19,27,35,38,41H2,1-2H3/b54-28-,80-67-,82-76+. The van der Waals surface area contributed by atoms with E-state index < -0.39 is 0 Å². The quantitative estimate of drug-likeness (QED) is 0.151. The first-order valence-electron chi connectivity index (χ1n) is 29.8. The molecule has 0 N–H and O–H groups in total. The average molecular weight is 1060 g/mol. The molecule has 0 saturated carbocycles. The summed E-state index contributed by atoms with van der Waals surface area (Å²) in [4.78, 5) is 5.87. The summed E-state index contributed by atoms with van der Waals surface area (Å²) in [6, 6.07) is 89.6. The van der Waals surface area contributed by atoms with Gasteiger partial charge in [-0.3, -0.25) is 4.99 Å². The number of aliphatic imine (C=N–C) groups is 1. The Bertz CT molecular complexity index is 4850. The Balaban J connectivity index is 0.937. The molecular weight excluding hydrogens is 1000 g/mol. The number of hydrogen-bond acceptors (Lipinski definition) is 1. The van der Waals surface area contributed by atoms with Gasteiger partial charge >= 0.3 is 0 Å². The average Bonchev–Trinajstić information content (AvgIpc) is 2.08. The Morgan fingerprint density at radius 2 is 1.20 bits per heavy atom. The first kappa shape index (κ1) is 49.2. The van der Waals surface area contributed by atoms with Gasteiger partial charge in [0.25, 0.3) is 0 Å². The van der Waals surface area contributed by atoms with Crippen LogP contribution in [0, 0.1) is 5.92 Å². The van der Waals surface area contributed by atoms with Crippen LogP contribution in [0.3, 0.4) is 0 Å². The van der Waals surface area contributed by atoms with Crippen LogP contribution in [-0.4, -0.2) is 10.3 Å². The molecule has 11 aromatic carbocycles. The van der Waals surface area contributed by atoms with E-state index in [1.807, 2.05) is 0 Å². The normalized spacial score (nSPS) is 18.4. The summed E-state index contributed by atoms with van der Waals surface area (Å²) in [7, 11) is 0. The number of hydrogen-bond donors (Lipinski definition) is 0. The van der Waals surface area contributed by atoms with Gasteiger partial charge in [-0.25, -0.2) is 0 Å². The van der Waals surface area contributed by atoms with Crippen molar-refractivity contribution in [3.63, 3.8) is 0 Å². The van der Waals surface area contributed by atoms with E-state index in [2.05, 4.69) is 285 Å². The summed E-state index contributed by atoms with van der Waals surface area (Å²) in [6.07, 6.45) is 16.2. The molecule has 396 valence electrons. The van der Waals surface area contributed by atoms with Gasteiger partial charge in [0.05, 0.1) is 16.7 Å². The highest BCUT2D eigenvalue weighted by Gasteiger charge is 2.38. The lowest BCUT2D eigenvalue weighted by Gasteiger charge is -2.23. The Morgan fingerprint density at radius 3 is 2.08 bits per heavy atom. The molecule has 0 radical (unpaired) electrons. The molecule has 0 saturated heterocycles. The van der Waals surface area contributed by atoms with Gasteiger partial charge in [-0.2, -0.15) is 0 Å². The van der Waals surface area contributed by atoms with E-state index >= 15 is 0 Å². The lowest BCUT2D eigenvalue weighted by molar-refractivity contribution is 0.667. The van der Waals surface area contributed by atoms with Crippen molar-refractivity contribution in [2.75, 3.05) is 0 Å². The Labute approximate surface area is 486 Å². The summed E-state index contributed by atoms with van der Waals surface area (Å²) in [6.45, 7) is 4.87. The van der Waals surface area contributed by atoms with Crippen LogP contribution in [-0.2, 0) is 11.8 Å². The van der Waals surface area contributed by atoms with E-state index in [1.165, 1.54) is 126 Å². The van der Waals surface area contributed by atoms with Gasteiger partial charge in [0.15, 0.2) is 0 Å². The molecular formula is C81H62N2. The third-order valence-corrected chi connectivity index (χ3v) is 18.8. The van der Waals surface area contributed by atoms with Crippen LogP contribution in [0.15, 0.2) is 266 Å². The minimum Gasteiger partial charge on any atom is -0.309 e. The van der Waals surface area contributed by atoms with Crippen LogP contribution in [0.1, 0.15) is 78.8 Å². The first-order chi connectivity index (χ1) is 40.9. The Kier molecular flexibility index (Phi) is 11.8. The van der Waals surface area contributed by atoms with Crippen molar-refractivity contribution in [2.45, 2.75) is 57.3 Å². The highest BCUT2D eigenvalue weighted by Crippen LogP contribution is 2.54. The molecule has 1 aromatic heterocycles. The summed E-state index contributed by atoms with van der Waals surface area (Å²) in [5.74, 6) is 0.514. The SMILES string of the molecule is CC1(C)c2cc3c(cc2-c2ccc4ccccc4c21)c1cc(-c2ccc4c(c2)-c2ccccc2C(c2ccccc2)CC4)ccc1n3-c1cc(/C2=N/C(C3C=CC=CC3)=c3/cccc/c3=C/CC2)cc(-c2cccc(-c3ccccc3)c2)c1. The van der Waals surface area contributed by atoms with E-state index in [9.17, 15) is 0 Å². The number of fused-ring (bicyclic) bond motifs is 12. The maximum Gasteiger partial charge on any atom is 0.0557 e. The van der Waals surface area contributed by atoms with Gasteiger partial charge in [0.2, 0.25) is 0 Å². The highest BCUT2D eigenvalue weighted by molar-refractivity contribution is 6.14. The van der Waals surface area contributed by atoms with Crippen LogP contribution >= 0.6 is 0 Å². The molecule has 0 amide bonds. The molecule has 2 nitrogen and oxygen atoms in total. The topological polar surface area (TPSA) is 17.3 Å². The number of allylic oxidation sites excluding steroid dienone is 3. The van der Waals surface area contributed by atoms with E-state index in [1.54, 1.807) is 0 Å². The van der Waals surface area contributed by atoms with Crippen LogP contribution in [0.25, 0.3) is 106 Å². The third kappa shape index (κ3) is 8.33. The molecule has 0 spiro atoms. The van der Waals surface area contributed by atoms with Crippen molar-refractivity contribution in [2.24, 2.45) is 10.9 Å². The second-order valence-corrected chi connectivity index (χ2v) is 23.9. The first-order valence-corrected chi connectivity index (χ1v) is 29.8. The minimum absolute atomic E-state index is 0.173. The maximum atomic E-state index is 5.87. The molecule has 0 fully saturated rings. The predicted octanol–water partition coefficient (Wildman–Crippen LogP) is 19.3. The molecule has 1 aliphatic heterocycles. The second kappa shape index (κ2) is 19.8. The number of aromatic nitrogens is 1. The molecule has 2 atom stereocenters. The molecule has 83 heavy (non-hydrogen) atoms. The van der Waals surface area contributed by atoms with Crippen LogP contribution in [0.2, 0.25) is 0 Å². The van der Waals surface area contributed by atoms with Crippen LogP contribution in [0.4, 0.5) is 0 Å². The molecule has 3 aliphatic carbocycles. The lowest BCUT2D eigenvalue weighted by atomic mass is 9.80. The van der Waals surface area contributed by atoms with Crippen molar-refractivity contribution >= 4 is 50.1 Å². The smallest absolute Gasteiger partial charge is 0.0557 e. The fourth-order valence-corrected chi connectivity index (χ4v) is 14.7. The summed E-state index contributed by atoms with van der Waals surface area (Å²) >= 11 is 0. The summed E-state index contributed by atoms with van der Waals surface area (Å²) in [5, 5.41) is 7.60. The Morgan fingerprint density at radius 1 is 0.482 bits per heavy atom. The summed E-state index contributed by atoms with van der Waals surface area (Å²) < 4.78 is 2.58. The van der Waals surface area contributed by atoms with Crippen molar-refractivity contribution in [1.82, 2.24) is 4.57 Å². The van der Waals surface area contributed by atoms with Gasteiger partial charge in [-0.05, 0) is 192 Å². The van der Waals surface area contributed by atoms with Crippen molar-refractivity contribution in [3.05, 3.63) is 305 Å². The number of rotatable bonds is 7. The van der Waals surface area contributed by atoms with Gasteiger partial charge in [0, 0.05) is 44.6 Å². The molecule has 2 heteroatoms. The molecule has 2 unspecified atom stereocenters. The zero-order valence-corrected chi connectivity index (χ0v) is 47.0. The molecule has 16 rings (SSSR count). The fraction of sp³-hybridized carbons (Fsp3) is 0.123. The van der Waals surface area contributed by atoms with Crippen molar-refractivity contribution in [3.8, 4) is 61.3 Å². The third-order valence-electron chi connectivity index (χ3n) is 18.8. The van der Waals surface area contributed by atoms with Gasteiger partial charge < -0.3 is 4.57 Å². The molecule has 12 aromatic rings. The van der Waals surface area contributed by atoms with Crippen LogP contribution < -0.4 is 10.4 Å². The lowest BCUT2D eigenvalue weighted by Crippen LogP contribution is -2.30. The van der Waals surface area contributed by atoms with Crippen molar-refractivity contribution in [1.29, 1.82) is 0 Å². The van der Waals surface area contributed by atoms with E-state index in [-0.39, 0.29) is 11.3 Å². The molecule has 0 bridgehead atoms. The zero-order valence-electron chi connectivity index (χ0n) is 47.0. The van der Waals surface area contributed by atoms with E-state index in [0.29, 0.717) is 5.92 Å². The number of nitrogens with zero attached hydrogens (tertiary/aromatic N) is 2. The minimum atomic E-state index is -0.246. The summed E-state index contributed by atoms with van der Waals surface area (Å²) in [5.41, 5.74) is 26.2. The van der Waals surface area contributed by atoms with Gasteiger partial charge in [0.1, 0.15) is 0 Å².